The number of carbonyl (C=O) groups excluding carboxylic acids is 1. The van der Waals surface area contributed by atoms with Crippen molar-refractivity contribution in [3.05, 3.63) is 63.9 Å². The van der Waals surface area contributed by atoms with Crippen LogP contribution < -0.4 is 4.90 Å². The molecule has 34 heavy (non-hydrogen) atoms. The van der Waals surface area contributed by atoms with Crippen LogP contribution in [-0.2, 0) is 4.74 Å². The summed E-state index contributed by atoms with van der Waals surface area (Å²) in [4.78, 5) is 28.5. The zero-order valence-corrected chi connectivity index (χ0v) is 20.2. The highest BCUT2D eigenvalue weighted by Gasteiger charge is 2.19. The number of benzene rings is 1. The second-order valence-corrected chi connectivity index (χ2v) is 9.42. The van der Waals surface area contributed by atoms with E-state index < -0.39 is 5.97 Å². The maximum absolute atomic E-state index is 12.0. The van der Waals surface area contributed by atoms with Crippen molar-refractivity contribution in [1.82, 2.24) is 19.9 Å². The number of hydrogen-bond donors (Lipinski definition) is 1. The van der Waals surface area contributed by atoms with Crippen molar-refractivity contribution in [2.45, 2.75) is 13.8 Å². The van der Waals surface area contributed by atoms with Gasteiger partial charge in [-0.2, -0.15) is 0 Å². The molecule has 172 valence electrons. The molecule has 0 aliphatic carbocycles. The van der Waals surface area contributed by atoms with Gasteiger partial charge in [0.1, 0.15) is 11.8 Å². The van der Waals surface area contributed by atoms with Crippen LogP contribution in [0.3, 0.4) is 0 Å². The minimum Gasteiger partial charge on any atom is -0.369 e. The predicted molar refractivity (Wildman–Crippen MR) is 135 cm³/mol. The van der Waals surface area contributed by atoms with Crippen molar-refractivity contribution in [3.63, 3.8) is 0 Å². The van der Waals surface area contributed by atoms with E-state index in [4.69, 9.17) is 4.74 Å². The lowest BCUT2D eigenvalue weighted by Gasteiger charge is -2.36. The zero-order chi connectivity index (χ0) is 23.7. The van der Waals surface area contributed by atoms with Crippen molar-refractivity contribution >= 4 is 34.0 Å². The molecule has 0 radical (unpaired) electrons. The molecule has 0 bridgehead atoms. The van der Waals surface area contributed by atoms with Crippen molar-refractivity contribution in [3.8, 4) is 23.2 Å². The highest BCUT2D eigenvalue weighted by Crippen LogP contribution is 2.32. The molecule has 7 nitrogen and oxygen atoms in total. The first kappa shape index (κ1) is 22.1. The van der Waals surface area contributed by atoms with Crippen molar-refractivity contribution in [2.75, 3.05) is 38.1 Å². The Balaban J connectivity index is 1.41. The SMILES string of the molecule is Cc1cc(-c2cnc3[nH]cc(C#COC(=O)c4nccs4)c3c2)cc(C)c1N1CCN(C)CC1. The number of ether oxygens (including phenoxy) is 1. The summed E-state index contributed by atoms with van der Waals surface area (Å²) >= 11 is 1.22. The second kappa shape index (κ2) is 9.29. The fraction of sp³-hybridized carbons (Fsp3) is 0.269. The van der Waals surface area contributed by atoms with Crippen LogP contribution in [-0.4, -0.2) is 59.0 Å². The van der Waals surface area contributed by atoms with Crippen LogP contribution in [0, 0.1) is 25.9 Å². The lowest BCUT2D eigenvalue weighted by molar-refractivity contribution is 0.0690. The Morgan fingerprint density at radius 3 is 2.56 bits per heavy atom. The van der Waals surface area contributed by atoms with Gasteiger partial charge in [0.25, 0.3) is 0 Å². The Labute approximate surface area is 202 Å². The van der Waals surface area contributed by atoms with Gasteiger partial charge in [0.15, 0.2) is 0 Å². The highest BCUT2D eigenvalue weighted by molar-refractivity contribution is 7.11. The van der Waals surface area contributed by atoms with Crippen molar-refractivity contribution in [1.29, 1.82) is 0 Å². The number of aromatic nitrogens is 3. The number of esters is 1. The summed E-state index contributed by atoms with van der Waals surface area (Å²) in [6.07, 6.45) is 7.71. The molecule has 1 aliphatic rings. The number of likely N-dealkylation sites (N-methyl/N-ethyl adjacent to an activating group) is 1. The molecule has 0 spiro atoms. The summed E-state index contributed by atoms with van der Waals surface area (Å²) in [7, 11) is 2.17. The maximum Gasteiger partial charge on any atom is 0.381 e. The Morgan fingerprint density at radius 1 is 1.09 bits per heavy atom. The Morgan fingerprint density at radius 2 is 1.85 bits per heavy atom. The molecule has 5 rings (SSSR count). The molecule has 1 fully saturated rings. The minimum absolute atomic E-state index is 0.280. The van der Waals surface area contributed by atoms with Crippen LogP contribution in [0.4, 0.5) is 5.69 Å². The van der Waals surface area contributed by atoms with Crippen LogP contribution in [0.1, 0.15) is 26.5 Å². The molecular formula is C26H25N5O2S. The van der Waals surface area contributed by atoms with E-state index in [0.29, 0.717) is 0 Å². The van der Waals surface area contributed by atoms with Gasteiger partial charge in [-0.05, 0) is 61.7 Å². The number of piperazine rings is 1. The number of nitrogens with one attached hydrogen (secondary N) is 1. The highest BCUT2D eigenvalue weighted by atomic mass is 32.1. The van der Waals surface area contributed by atoms with Crippen LogP contribution in [0.15, 0.2) is 42.2 Å². The van der Waals surface area contributed by atoms with Crippen LogP contribution in [0.2, 0.25) is 0 Å². The third-order valence-corrected chi connectivity index (χ3v) is 6.86. The van der Waals surface area contributed by atoms with E-state index in [0.717, 1.165) is 53.9 Å². The number of fused-ring (bicyclic) bond motifs is 1. The summed E-state index contributed by atoms with van der Waals surface area (Å²) in [5.41, 5.74) is 7.47. The first-order valence-electron chi connectivity index (χ1n) is 11.1. The van der Waals surface area contributed by atoms with Crippen LogP contribution in [0.25, 0.3) is 22.2 Å². The number of aromatic amines is 1. The second-order valence-electron chi connectivity index (χ2n) is 8.53. The topological polar surface area (TPSA) is 74.3 Å². The number of H-pyrrole nitrogens is 1. The number of carbonyl (C=O) groups is 1. The summed E-state index contributed by atoms with van der Waals surface area (Å²) < 4.78 is 5.04. The quantitative estimate of drug-likeness (QED) is 0.356. The van der Waals surface area contributed by atoms with Gasteiger partial charge in [0.05, 0.1) is 5.56 Å². The molecule has 0 saturated carbocycles. The summed E-state index contributed by atoms with van der Waals surface area (Å²) in [6.45, 7) is 8.61. The monoisotopic (exact) mass is 471 g/mol. The average molecular weight is 472 g/mol. The third-order valence-electron chi connectivity index (χ3n) is 6.11. The lowest BCUT2D eigenvalue weighted by Crippen LogP contribution is -2.45. The smallest absolute Gasteiger partial charge is 0.369 e. The molecule has 8 heteroatoms. The summed E-state index contributed by atoms with van der Waals surface area (Å²) in [5, 5.41) is 2.88. The lowest BCUT2D eigenvalue weighted by atomic mass is 9.98. The van der Waals surface area contributed by atoms with E-state index >= 15 is 0 Å². The number of nitrogens with zero attached hydrogens (tertiary/aromatic N) is 4. The van der Waals surface area contributed by atoms with Gasteiger partial charge in [-0.25, -0.2) is 14.8 Å². The number of thiazole rings is 1. The van der Waals surface area contributed by atoms with Gasteiger partial charge in [0, 0.05) is 66.8 Å². The van der Waals surface area contributed by atoms with Gasteiger partial charge in [-0.15, -0.1) is 11.3 Å². The Kier molecular flexibility index (Phi) is 6.05. The van der Waals surface area contributed by atoms with Crippen LogP contribution in [0.5, 0.6) is 0 Å². The largest absolute Gasteiger partial charge is 0.381 e. The zero-order valence-electron chi connectivity index (χ0n) is 19.4. The molecule has 4 aromatic rings. The van der Waals surface area contributed by atoms with Crippen molar-refractivity contribution < 1.29 is 9.53 Å². The minimum atomic E-state index is -0.549. The third kappa shape index (κ3) is 4.40. The van der Waals surface area contributed by atoms with Gasteiger partial charge in [-0.1, -0.05) is 0 Å². The first-order chi connectivity index (χ1) is 16.5. The molecule has 3 aromatic heterocycles. The molecule has 0 atom stereocenters. The summed E-state index contributed by atoms with van der Waals surface area (Å²) in [6, 6.07) is 6.55. The number of aryl methyl sites for hydroxylation is 2. The molecule has 1 N–H and O–H groups in total. The molecule has 1 saturated heterocycles. The van der Waals surface area contributed by atoms with E-state index in [2.05, 4.69) is 75.9 Å². The van der Waals surface area contributed by atoms with Gasteiger partial charge in [-0.3, -0.25) is 0 Å². The fourth-order valence-electron chi connectivity index (χ4n) is 4.41. The van der Waals surface area contributed by atoms with E-state index in [1.165, 1.54) is 28.2 Å². The normalized spacial score (nSPS) is 14.1. The van der Waals surface area contributed by atoms with Crippen LogP contribution >= 0.6 is 11.3 Å². The van der Waals surface area contributed by atoms with E-state index in [1.54, 1.807) is 17.8 Å². The van der Waals surface area contributed by atoms with Gasteiger partial charge in [0.2, 0.25) is 5.01 Å². The first-order valence-corrected chi connectivity index (χ1v) is 12.0. The molecular weight excluding hydrogens is 446 g/mol. The number of pyridine rings is 1. The number of hydrogen-bond acceptors (Lipinski definition) is 7. The van der Waals surface area contributed by atoms with E-state index in [1.807, 2.05) is 6.20 Å². The molecule has 4 heterocycles. The van der Waals surface area contributed by atoms with Crippen molar-refractivity contribution in [2.24, 2.45) is 0 Å². The molecule has 1 aromatic carbocycles. The predicted octanol–water partition coefficient (Wildman–Crippen LogP) is 4.22. The average Bonchev–Trinajstić information content (AvgIpc) is 3.50. The molecule has 1 aliphatic heterocycles. The van der Waals surface area contributed by atoms with E-state index in [9.17, 15) is 4.79 Å². The Bertz CT molecular complexity index is 1380. The number of rotatable bonds is 3. The fourth-order valence-corrected chi connectivity index (χ4v) is 4.92. The van der Waals surface area contributed by atoms with Gasteiger partial charge >= 0.3 is 5.97 Å². The molecule has 0 amide bonds. The Hall–Kier alpha value is -3.67. The van der Waals surface area contributed by atoms with Gasteiger partial charge < -0.3 is 19.5 Å². The molecule has 0 unspecified atom stereocenters. The summed E-state index contributed by atoms with van der Waals surface area (Å²) in [5.74, 6) is 2.37. The maximum atomic E-state index is 12.0. The standard InChI is InChI=1S/C26H25N5O2S/c1-17-12-20(13-18(2)23(17)31-8-6-30(3)7-9-31)21-14-22-19(15-28-24(22)29-16-21)4-10-33-26(32)25-27-5-11-34-25/h5,11-16H,6-9H2,1-3H3,(H,28,29). The number of anilines is 1. The van der Waals surface area contributed by atoms with E-state index in [-0.39, 0.29) is 5.01 Å².